The van der Waals surface area contributed by atoms with Crippen molar-refractivity contribution in [1.82, 2.24) is 5.43 Å². The third kappa shape index (κ3) is 5.33. The third-order valence-electron chi connectivity index (χ3n) is 4.56. The van der Waals surface area contributed by atoms with Gasteiger partial charge in [-0.25, -0.2) is 5.43 Å². The Balaban J connectivity index is 1.64. The first-order chi connectivity index (χ1) is 14.5. The molecule has 0 fully saturated rings. The molecule has 2 N–H and O–H groups in total. The lowest BCUT2D eigenvalue weighted by molar-refractivity contribution is -0.118. The largest absolute Gasteiger partial charge is 0.483 e. The Labute approximate surface area is 179 Å². The fraction of sp³-hybridized carbons (Fsp3) is 0.174. The van der Waals surface area contributed by atoms with Crippen LogP contribution >= 0.6 is 11.3 Å². The summed E-state index contributed by atoms with van der Waals surface area (Å²) < 4.78 is 5.64. The van der Waals surface area contributed by atoms with Crippen LogP contribution in [0.4, 0.5) is 5.69 Å². The number of aryl methyl sites for hydroxylation is 1. The molecule has 0 unspecified atom stereocenters. The zero-order chi connectivity index (χ0) is 21.5. The number of carbonyl (C=O) groups is 2. The van der Waals surface area contributed by atoms with Crippen molar-refractivity contribution in [3.63, 3.8) is 0 Å². The lowest BCUT2D eigenvalue weighted by atomic mass is 10.1. The Hall–Kier alpha value is -3.45. The highest BCUT2D eigenvalue weighted by Gasteiger charge is 2.14. The summed E-state index contributed by atoms with van der Waals surface area (Å²) in [6.07, 6.45) is 0. The van der Waals surface area contributed by atoms with E-state index < -0.39 is 5.91 Å². The maximum Gasteiger partial charge on any atom is 0.273 e. The molecule has 0 spiro atoms. The van der Waals surface area contributed by atoms with Crippen molar-refractivity contribution < 1.29 is 14.3 Å². The van der Waals surface area contributed by atoms with Crippen LogP contribution in [0.15, 0.2) is 65.1 Å². The number of hydrogen-bond acceptors (Lipinski definition) is 5. The van der Waals surface area contributed by atoms with Gasteiger partial charge in [-0.1, -0.05) is 30.3 Å². The zero-order valence-corrected chi connectivity index (χ0v) is 17.9. The molecule has 6 nitrogen and oxygen atoms in total. The summed E-state index contributed by atoms with van der Waals surface area (Å²) in [6.45, 7) is 5.60. The highest BCUT2D eigenvalue weighted by Crippen LogP contribution is 2.21. The molecule has 1 aromatic heterocycles. The van der Waals surface area contributed by atoms with Gasteiger partial charge in [-0.3, -0.25) is 9.59 Å². The predicted octanol–water partition coefficient (Wildman–Crippen LogP) is 4.54. The number of para-hydroxylation sites is 1. The fourth-order valence-corrected chi connectivity index (χ4v) is 3.41. The van der Waals surface area contributed by atoms with Crippen molar-refractivity contribution in [2.45, 2.75) is 20.8 Å². The van der Waals surface area contributed by atoms with E-state index in [2.05, 4.69) is 15.8 Å². The molecule has 0 bridgehead atoms. The van der Waals surface area contributed by atoms with Crippen molar-refractivity contribution >= 4 is 34.6 Å². The Kier molecular flexibility index (Phi) is 6.98. The lowest BCUT2D eigenvalue weighted by Gasteiger charge is -2.12. The summed E-state index contributed by atoms with van der Waals surface area (Å²) in [6, 6.07) is 16.3. The van der Waals surface area contributed by atoms with Crippen LogP contribution in [0, 0.1) is 13.8 Å². The van der Waals surface area contributed by atoms with Crippen LogP contribution in [-0.4, -0.2) is 24.1 Å². The van der Waals surface area contributed by atoms with Gasteiger partial charge in [-0.05, 0) is 61.5 Å². The van der Waals surface area contributed by atoms with Gasteiger partial charge in [0.15, 0.2) is 6.61 Å². The van der Waals surface area contributed by atoms with Crippen LogP contribution in [0.5, 0.6) is 5.75 Å². The van der Waals surface area contributed by atoms with Gasteiger partial charge in [0.25, 0.3) is 11.8 Å². The highest BCUT2D eigenvalue weighted by atomic mass is 32.1. The van der Waals surface area contributed by atoms with Crippen LogP contribution in [0.1, 0.15) is 33.3 Å². The van der Waals surface area contributed by atoms with Crippen LogP contribution in [0.2, 0.25) is 0 Å². The van der Waals surface area contributed by atoms with Crippen molar-refractivity contribution in [3.8, 4) is 5.75 Å². The SMILES string of the molecule is CC(=NNC(=O)c1ccccc1NC(=O)COc1cccc(C)c1C)c1cccs1. The number of rotatable bonds is 7. The quantitative estimate of drug-likeness (QED) is 0.434. The molecular formula is C23H23N3O3S. The second-order valence-electron chi connectivity index (χ2n) is 6.70. The number of benzene rings is 2. The van der Waals surface area contributed by atoms with E-state index in [-0.39, 0.29) is 12.5 Å². The molecule has 0 radical (unpaired) electrons. The molecule has 1 heterocycles. The van der Waals surface area contributed by atoms with Gasteiger partial charge in [0, 0.05) is 4.88 Å². The first kappa shape index (κ1) is 21.3. The first-order valence-corrected chi connectivity index (χ1v) is 10.3. The number of ether oxygens (including phenoxy) is 1. The summed E-state index contributed by atoms with van der Waals surface area (Å²) in [7, 11) is 0. The monoisotopic (exact) mass is 421 g/mol. The molecular weight excluding hydrogens is 398 g/mol. The number of amides is 2. The number of hydrazone groups is 1. The summed E-state index contributed by atoms with van der Waals surface area (Å²) in [4.78, 5) is 25.9. The smallest absolute Gasteiger partial charge is 0.273 e. The van der Waals surface area contributed by atoms with E-state index in [1.165, 1.54) is 0 Å². The number of nitrogens with zero attached hydrogens (tertiary/aromatic N) is 1. The molecule has 0 atom stereocenters. The number of hydrogen-bond donors (Lipinski definition) is 2. The van der Waals surface area contributed by atoms with Crippen molar-refractivity contribution in [1.29, 1.82) is 0 Å². The molecule has 3 rings (SSSR count). The zero-order valence-electron chi connectivity index (χ0n) is 17.1. The van der Waals surface area contributed by atoms with E-state index >= 15 is 0 Å². The molecule has 30 heavy (non-hydrogen) atoms. The van der Waals surface area contributed by atoms with E-state index in [0.29, 0.717) is 22.7 Å². The summed E-state index contributed by atoms with van der Waals surface area (Å²) in [5.74, 6) is -0.0961. The second kappa shape index (κ2) is 9.84. The summed E-state index contributed by atoms with van der Waals surface area (Å²) >= 11 is 1.54. The van der Waals surface area contributed by atoms with Crippen molar-refractivity contribution in [3.05, 3.63) is 81.5 Å². The Bertz CT molecular complexity index is 1080. The van der Waals surface area contributed by atoms with Crippen molar-refractivity contribution in [2.75, 3.05) is 11.9 Å². The molecule has 0 aliphatic rings. The number of thiophene rings is 1. The topological polar surface area (TPSA) is 79.8 Å². The third-order valence-corrected chi connectivity index (χ3v) is 5.54. The highest BCUT2D eigenvalue weighted by molar-refractivity contribution is 7.12. The van der Waals surface area contributed by atoms with Gasteiger partial charge in [0.05, 0.1) is 17.0 Å². The summed E-state index contributed by atoms with van der Waals surface area (Å²) in [5.41, 5.74) is 6.05. The maximum absolute atomic E-state index is 12.6. The fourth-order valence-electron chi connectivity index (χ4n) is 2.73. The first-order valence-electron chi connectivity index (χ1n) is 9.42. The molecule has 0 aliphatic carbocycles. The molecule has 2 aromatic carbocycles. The molecule has 7 heteroatoms. The summed E-state index contributed by atoms with van der Waals surface area (Å²) in [5, 5.41) is 8.83. The molecule has 0 aliphatic heterocycles. The van der Waals surface area contributed by atoms with E-state index in [1.54, 1.807) is 35.6 Å². The van der Waals surface area contributed by atoms with Gasteiger partial charge in [0.1, 0.15) is 5.75 Å². The van der Waals surface area contributed by atoms with Crippen LogP contribution in [-0.2, 0) is 4.79 Å². The maximum atomic E-state index is 12.6. The van der Waals surface area contributed by atoms with E-state index in [4.69, 9.17) is 4.74 Å². The Morgan fingerprint density at radius 3 is 2.60 bits per heavy atom. The predicted molar refractivity (Wildman–Crippen MR) is 120 cm³/mol. The minimum atomic E-state index is -0.405. The standard InChI is InChI=1S/C23H23N3O3S/c1-15-8-6-11-20(16(15)2)29-14-22(27)24-19-10-5-4-9-18(19)23(28)26-25-17(3)21-12-7-13-30-21/h4-13H,14H2,1-3H3,(H,24,27)(H,26,28). The Morgan fingerprint density at radius 1 is 1.03 bits per heavy atom. The number of anilines is 1. The molecule has 0 saturated heterocycles. The lowest BCUT2D eigenvalue weighted by Crippen LogP contribution is -2.24. The number of carbonyl (C=O) groups excluding carboxylic acids is 2. The van der Waals surface area contributed by atoms with E-state index in [1.807, 2.05) is 56.5 Å². The molecule has 154 valence electrons. The van der Waals surface area contributed by atoms with E-state index in [9.17, 15) is 9.59 Å². The molecule has 0 saturated carbocycles. The van der Waals surface area contributed by atoms with Gasteiger partial charge < -0.3 is 10.1 Å². The Morgan fingerprint density at radius 2 is 1.83 bits per heavy atom. The molecule has 3 aromatic rings. The van der Waals surface area contributed by atoms with E-state index in [0.717, 1.165) is 16.0 Å². The van der Waals surface area contributed by atoms with Gasteiger partial charge >= 0.3 is 0 Å². The minimum absolute atomic E-state index is 0.157. The minimum Gasteiger partial charge on any atom is -0.483 e. The number of nitrogens with one attached hydrogen (secondary N) is 2. The average molecular weight is 422 g/mol. The van der Waals surface area contributed by atoms with Gasteiger partial charge in [-0.15, -0.1) is 11.3 Å². The van der Waals surface area contributed by atoms with Crippen LogP contribution in [0.25, 0.3) is 0 Å². The second-order valence-corrected chi connectivity index (χ2v) is 7.64. The van der Waals surface area contributed by atoms with Crippen LogP contribution < -0.4 is 15.5 Å². The van der Waals surface area contributed by atoms with Gasteiger partial charge in [0.2, 0.25) is 0 Å². The van der Waals surface area contributed by atoms with Gasteiger partial charge in [-0.2, -0.15) is 5.10 Å². The normalized spacial score (nSPS) is 11.1. The molecule has 2 amide bonds. The average Bonchev–Trinajstić information content (AvgIpc) is 3.28. The van der Waals surface area contributed by atoms with Crippen LogP contribution in [0.3, 0.4) is 0 Å². The van der Waals surface area contributed by atoms with Crippen molar-refractivity contribution in [2.24, 2.45) is 5.10 Å².